The number of aromatic nitrogens is 1. The Morgan fingerprint density at radius 3 is 2.31 bits per heavy atom. The number of nitrogens with one attached hydrogen (secondary N) is 1. The van der Waals surface area contributed by atoms with Gasteiger partial charge in [-0.3, -0.25) is 19.4 Å². The molecule has 0 atom stereocenters. The van der Waals surface area contributed by atoms with Crippen LogP contribution in [0.3, 0.4) is 0 Å². The lowest BCUT2D eigenvalue weighted by Crippen LogP contribution is -2.38. The van der Waals surface area contributed by atoms with Crippen LogP contribution in [0.4, 0.5) is 24.1 Å². The SMILES string of the molecule is COc1cc2c(cc1N1CCCOC1=O)CN(C(=O)c1c(Sc3c(C)ccc4c3CN(C(=O)OC(C)(C)C)C4)cc(C(C)(F)F)[nH]c1=O)C2. The smallest absolute Gasteiger partial charge is 0.414 e. The van der Waals surface area contributed by atoms with Gasteiger partial charge in [-0.05, 0) is 80.1 Å². The van der Waals surface area contributed by atoms with Crippen molar-refractivity contribution in [2.45, 2.75) is 88.5 Å². The number of fused-ring (bicyclic) bond motifs is 2. The van der Waals surface area contributed by atoms with Gasteiger partial charge >= 0.3 is 12.2 Å². The van der Waals surface area contributed by atoms with Crippen molar-refractivity contribution in [3.05, 3.63) is 79.8 Å². The molecule has 0 spiro atoms. The second kappa shape index (κ2) is 12.7. The Morgan fingerprint density at radius 2 is 1.65 bits per heavy atom. The fourth-order valence-electron chi connectivity index (χ4n) is 6.18. The second-order valence-electron chi connectivity index (χ2n) is 13.5. The number of alkyl halides is 2. The average molecular weight is 697 g/mol. The number of aromatic amines is 1. The highest BCUT2D eigenvalue weighted by Gasteiger charge is 2.36. The molecule has 0 bridgehead atoms. The molecule has 0 radical (unpaired) electrons. The molecule has 3 aliphatic rings. The van der Waals surface area contributed by atoms with Crippen LogP contribution in [0.1, 0.15) is 78.0 Å². The Labute approximate surface area is 286 Å². The normalized spacial score (nSPS) is 16.0. The number of rotatable bonds is 6. The van der Waals surface area contributed by atoms with E-state index in [0.29, 0.717) is 49.4 Å². The number of ether oxygens (including phenoxy) is 3. The lowest BCUT2D eigenvalue weighted by Gasteiger charge is -2.28. The highest BCUT2D eigenvalue weighted by Crippen LogP contribution is 2.42. The predicted molar refractivity (Wildman–Crippen MR) is 177 cm³/mol. The van der Waals surface area contributed by atoms with Crippen molar-refractivity contribution >= 4 is 35.5 Å². The zero-order valence-corrected chi connectivity index (χ0v) is 29.0. The van der Waals surface area contributed by atoms with Gasteiger partial charge in [0.1, 0.15) is 16.9 Å². The van der Waals surface area contributed by atoms with Gasteiger partial charge in [0.05, 0.1) is 31.6 Å². The van der Waals surface area contributed by atoms with Gasteiger partial charge in [-0.2, -0.15) is 0 Å². The highest BCUT2D eigenvalue weighted by atomic mass is 32.2. The molecule has 14 heteroatoms. The van der Waals surface area contributed by atoms with E-state index in [0.717, 1.165) is 45.6 Å². The molecule has 49 heavy (non-hydrogen) atoms. The first-order chi connectivity index (χ1) is 23.0. The predicted octanol–water partition coefficient (Wildman–Crippen LogP) is 6.71. The van der Waals surface area contributed by atoms with Gasteiger partial charge in [0.15, 0.2) is 0 Å². The summed E-state index contributed by atoms with van der Waals surface area (Å²) in [6, 6.07) is 8.46. The van der Waals surface area contributed by atoms with E-state index in [-0.39, 0.29) is 30.1 Å². The molecule has 1 fully saturated rings. The molecule has 1 saturated heterocycles. The number of benzene rings is 2. The molecule has 4 heterocycles. The summed E-state index contributed by atoms with van der Waals surface area (Å²) in [7, 11) is 1.49. The zero-order chi connectivity index (χ0) is 35.4. The van der Waals surface area contributed by atoms with Gasteiger partial charge in [0.2, 0.25) is 0 Å². The molecule has 1 aromatic heterocycles. The maximum absolute atomic E-state index is 14.6. The quantitative estimate of drug-likeness (QED) is 0.302. The van der Waals surface area contributed by atoms with Crippen LogP contribution in [0, 0.1) is 6.92 Å². The van der Waals surface area contributed by atoms with E-state index < -0.39 is 40.9 Å². The molecule has 1 N–H and O–H groups in total. The third kappa shape index (κ3) is 6.83. The third-order valence-electron chi connectivity index (χ3n) is 8.59. The van der Waals surface area contributed by atoms with Gasteiger partial charge in [0, 0.05) is 42.9 Å². The number of hydrogen-bond acceptors (Lipinski definition) is 8. The molecule has 2 aromatic carbocycles. The molecule has 0 aliphatic carbocycles. The van der Waals surface area contributed by atoms with E-state index in [4.69, 9.17) is 14.2 Å². The summed E-state index contributed by atoms with van der Waals surface area (Å²) in [5, 5.41) is 0. The van der Waals surface area contributed by atoms with Gasteiger partial charge < -0.3 is 24.1 Å². The highest BCUT2D eigenvalue weighted by molar-refractivity contribution is 7.99. The fraction of sp³-hybridized carbons (Fsp3) is 0.429. The standard InChI is InChI=1S/C35H38F2N4O7S/c1-19-8-9-20-15-40(32(44)48-34(2,3)4)18-23(20)29(19)49-26-14-27(35(5,36)37)38-30(42)28(26)31(43)39-16-21-12-24(25(46-6)13-22(21)17-39)41-10-7-11-47-33(41)45/h8-9,12-14H,7,10-11,15-18H2,1-6H3,(H,38,42). The van der Waals surface area contributed by atoms with Crippen molar-refractivity contribution < 1.29 is 37.4 Å². The van der Waals surface area contributed by atoms with Crippen LogP contribution in [-0.2, 0) is 41.6 Å². The maximum Gasteiger partial charge on any atom is 0.414 e. The molecule has 3 aromatic rings. The van der Waals surface area contributed by atoms with Crippen LogP contribution in [0.2, 0.25) is 0 Å². The Balaban J connectivity index is 1.35. The Hall–Kier alpha value is -4.59. The number of carbonyl (C=O) groups excluding carboxylic acids is 3. The summed E-state index contributed by atoms with van der Waals surface area (Å²) in [6.45, 7) is 9.42. The van der Waals surface area contributed by atoms with E-state index >= 15 is 0 Å². The first-order valence-corrected chi connectivity index (χ1v) is 16.7. The number of methoxy groups -OCH3 is 1. The van der Waals surface area contributed by atoms with E-state index in [1.807, 2.05) is 19.1 Å². The summed E-state index contributed by atoms with van der Waals surface area (Å²) in [5.74, 6) is -3.59. The second-order valence-corrected chi connectivity index (χ2v) is 14.6. The van der Waals surface area contributed by atoms with Gasteiger partial charge in [-0.25, -0.2) is 18.4 Å². The van der Waals surface area contributed by atoms with Crippen LogP contribution < -0.4 is 15.2 Å². The minimum Gasteiger partial charge on any atom is -0.495 e. The van der Waals surface area contributed by atoms with Crippen LogP contribution in [-0.4, -0.2) is 58.7 Å². The monoisotopic (exact) mass is 696 g/mol. The minimum atomic E-state index is -3.39. The zero-order valence-electron chi connectivity index (χ0n) is 28.2. The third-order valence-corrected chi connectivity index (χ3v) is 9.90. The van der Waals surface area contributed by atoms with Crippen molar-refractivity contribution in [1.29, 1.82) is 0 Å². The number of amides is 3. The number of anilines is 1. The van der Waals surface area contributed by atoms with Gasteiger partial charge in [0.25, 0.3) is 17.4 Å². The number of carbonyl (C=O) groups is 3. The maximum atomic E-state index is 14.6. The number of nitrogens with zero attached hydrogens (tertiary/aromatic N) is 3. The molecule has 0 saturated carbocycles. The van der Waals surface area contributed by atoms with Crippen molar-refractivity contribution in [3.8, 4) is 5.75 Å². The van der Waals surface area contributed by atoms with Gasteiger partial charge in [-0.1, -0.05) is 23.9 Å². The largest absolute Gasteiger partial charge is 0.495 e. The topological polar surface area (TPSA) is 121 Å². The molecule has 11 nitrogen and oxygen atoms in total. The number of cyclic esters (lactones) is 1. The molecule has 3 aliphatic heterocycles. The van der Waals surface area contributed by atoms with Crippen LogP contribution >= 0.6 is 11.8 Å². The van der Waals surface area contributed by atoms with Gasteiger partial charge in [-0.15, -0.1) is 0 Å². The van der Waals surface area contributed by atoms with E-state index in [9.17, 15) is 28.0 Å². The Bertz CT molecular complexity index is 1920. The first-order valence-electron chi connectivity index (χ1n) is 15.9. The molecule has 3 amide bonds. The van der Waals surface area contributed by atoms with Crippen LogP contribution in [0.25, 0.3) is 0 Å². The average Bonchev–Trinajstić information content (AvgIpc) is 3.65. The summed E-state index contributed by atoms with van der Waals surface area (Å²) in [4.78, 5) is 60.7. The fourth-order valence-corrected chi connectivity index (χ4v) is 7.41. The number of halogens is 2. The molecule has 6 rings (SSSR count). The van der Waals surface area contributed by atoms with E-state index in [1.54, 1.807) is 37.8 Å². The number of hydrogen-bond donors (Lipinski definition) is 1. The lowest BCUT2D eigenvalue weighted by molar-refractivity contribution is 0.0121. The Morgan fingerprint density at radius 1 is 0.959 bits per heavy atom. The molecular weight excluding hydrogens is 658 g/mol. The van der Waals surface area contributed by atoms with Crippen LogP contribution in [0.15, 0.2) is 44.9 Å². The lowest BCUT2D eigenvalue weighted by atomic mass is 10.1. The molecular formula is C35H38F2N4O7S. The summed E-state index contributed by atoms with van der Waals surface area (Å²) >= 11 is 1.06. The van der Waals surface area contributed by atoms with Crippen molar-refractivity contribution in [1.82, 2.24) is 14.8 Å². The number of pyridine rings is 1. The number of H-pyrrole nitrogens is 1. The summed E-state index contributed by atoms with van der Waals surface area (Å²) < 4.78 is 45.7. The van der Waals surface area contributed by atoms with E-state index in [2.05, 4.69) is 4.98 Å². The minimum absolute atomic E-state index is 0.0720. The first kappa shape index (κ1) is 34.3. The summed E-state index contributed by atoms with van der Waals surface area (Å²) in [5.41, 5.74) is 1.96. The molecule has 0 unspecified atom stereocenters. The summed E-state index contributed by atoms with van der Waals surface area (Å²) in [6.07, 6.45) is -0.327. The number of aryl methyl sites for hydroxylation is 1. The van der Waals surface area contributed by atoms with Crippen molar-refractivity contribution in [2.75, 3.05) is 25.2 Å². The van der Waals surface area contributed by atoms with Crippen molar-refractivity contribution in [2.24, 2.45) is 0 Å². The van der Waals surface area contributed by atoms with Crippen molar-refractivity contribution in [3.63, 3.8) is 0 Å². The van der Waals surface area contributed by atoms with E-state index in [1.165, 1.54) is 16.9 Å². The Kier molecular flexibility index (Phi) is 8.88. The van der Waals surface area contributed by atoms with Crippen LogP contribution in [0.5, 0.6) is 5.75 Å². The molecule has 260 valence electrons.